The van der Waals surface area contributed by atoms with Crippen molar-refractivity contribution >= 4 is 40.5 Å². The van der Waals surface area contributed by atoms with E-state index in [1.165, 1.54) is 22.3 Å². The van der Waals surface area contributed by atoms with Crippen molar-refractivity contribution in [2.45, 2.75) is 86.0 Å². The van der Waals surface area contributed by atoms with Crippen molar-refractivity contribution in [2.24, 2.45) is 0 Å². The van der Waals surface area contributed by atoms with Gasteiger partial charge >= 0.3 is 7.02 Å². The van der Waals surface area contributed by atoms with Crippen LogP contribution >= 0.6 is 22.2 Å². The molecule has 0 spiro atoms. The first-order chi connectivity index (χ1) is 15.8. The van der Waals surface area contributed by atoms with Crippen LogP contribution in [0.3, 0.4) is 0 Å². The number of para-hydroxylation sites is 2. The molecule has 0 radical (unpaired) electrons. The lowest BCUT2D eigenvalue weighted by molar-refractivity contribution is 0.824. The summed E-state index contributed by atoms with van der Waals surface area (Å²) < 4.78 is 4.42. The van der Waals surface area contributed by atoms with Gasteiger partial charge in [-0.05, 0) is 58.9 Å². The molecule has 184 valence electrons. The molecule has 34 heavy (non-hydrogen) atoms. The molecule has 1 heterocycles. The van der Waals surface area contributed by atoms with E-state index < -0.39 is 7.02 Å². The van der Waals surface area contributed by atoms with Crippen LogP contribution in [0.5, 0.6) is 0 Å². The Labute approximate surface area is 217 Å². The van der Waals surface area contributed by atoms with E-state index in [0.717, 1.165) is 22.8 Å². The van der Waals surface area contributed by atoms with E-state index in [0.29, 0.717) is 23.7 Å². The Kier molecular flexibility index (Phi) is 8.02. The van der Waals surface area contributed by atoms with Gasteiger partial charge in [0.25, 0.3) is 0 Å². The van der Waals surface area contributed by atoms with E-state index >= 15 is 0 Å². The van der Waals surface area contributed by atoms with Gasteiger partial charge in [0.1, 0.15) is 0 Å². The smallest absolute Gasteiger partial charge is 0.329 e. The molecule has 1 aliphatic rings. The third-order valence-electron chi connectivity index (χ3n) is 6.69. The van der Waals surface area contributed by atoms with E-state index in [1.807, 2.05) is 0 Å². The molecule has 0 unspecified atom stereocenters. The highest BCUT2D eigenvalue weighted by molar-refractivity contribution is 7.48. The Morgan fingerprint density at radius 1 is 0.647 bits per heavy atom. The molecule has 0 bridgehead atoms. The van der Waals surface area contributed by atoms with Crippen molar-refractivity contribution in [3.8, 4) is 0 Å². The summed E-state index contributed by atoms with van der Waals surface area (Å²) in [6, 6.07) is 13.1. The molecular weight excluding hydrogens is 475 g/mol. The number of allylic oxidation sites excluding steroid dienone is 2. The maximum Gasteiger partial charge on any atom is 0.478 e. The minimum Gasteiger partial charge on any atom is -0.329 e. The Morgan fingerprint density at radius 3 is 1.29 bits per heavy atom. The first-order valence-electron chi connectivity index (χ1n) is 12.4. The molecule has 0 aromatic heterocycles. The van der Waals surface area contributed by atoms with Gasteiger partial charge in [0, 0.05) is 22.8 Å². The number of nitrogens with zero attached hydrogens (tertiary/aromatic N) is 2. The van der Waals surface area contributed by atoms with Crippen molar-refractivity contribution < 1.29 is 0 Å². The maximum atomic E-state index is 7.62. The van der Waals surface area contributed by atoms with Crippen molar-refractivity contribution in [2.75, 3.05) is 9.13 Å². The van der Waals surface area contributed by atoms with Crippen molar-refractivity contribution in [3.05, 3.63) is 82.7 Å². The zero-order chi connectivity index (χ0) is 25.5. The van der Waals surface area contributed by atoms with Crippen LogP contribution in [0.1, 0.15) is 108 Å². The summed E-state index contributed by atoms with van der Waals surface area (Å²) in [5.74, 6) is 1.34. The summed E-state index contributed by atoms with van der Waals surface area (Å²) in [5, 5.41) is 0. The molecule has 0 fully saturated rings. The zero-order valence-electron chi connectivity index (χ0n) is 22.2. The normalized spacial score (nSPS) is 16.3. The topological polar surface area (TPSA) is 6.48 Å². The molecule has 3 rings (SSSR count). The Morgan fingerprint density at radius 2 is 0.971 bits per heavy atom. The molecule has 0 N–H and O–H groups in total. The van der Waals surface area contributed by atoms with Crippen LogP contribution in [0.15, 0.2) is 60.4 Å². The van der Waals surface area contributed by atoms with E-state index in [9.17, 15) is 0 Å². The molecule has 0 aliphatic carbocycles. The van der Waals surface area contributed by atoms with Crippen molar-refractivity contribution in [3.63, 3.8) is 0 Å². The lowest BCUT2D eigenvalue weighted by Gasteiger charge is -2.49. The average molecular weight is 516 g/mol. The van der Waals surface area contributed by atoms with Crippen LogP contribution < -0.4 is 9.13 Å². The zero-order valence-corrected chi connectivity index (χ0v) is 24.7. The Bertz CT molecular complexity index is 1050. The summed E-state index contributed by atoms with van der Waals surface area (Å²) >= 11 is 15.2. The van der Waals surface area contributed by atoms with Crippen LogP contribution in [0.2, 0.25) is 0 Å². The molecule has 2 nitrogen and oxygen atoms in total. The van der Waals surface area contributed by atoms with E-state index in [-0.39, 0.29) is 0 Å². The molecular formula is C29H40Cl2N2Si. The lowest BCUT2D eigenvalue weighted by Crippen LogP contribution is -2.61. The largest absolute Gasteiger partial charge is 0.478 e. The number of hydrogen-bond donors (Lipinski definition) is 0. The molecule has 1 aliphatic heterocycles. The van der Waals surface area contributed by atoms with Crippen molar-refractivity contribution in [1.82, 2.24) is 0 Å². The van der Waals surface area contributed by atoms with E-state index in [4.69, 9.17) is 22.2 Å². The predicted octanol–water partition coefficient (Wildman–Crippen LogP) is 9.84. The number of anilines is 2. The van der Waals surface area contributed by atoms with Crippen LogP contribution in [0.25, 0.3) is 0 Å². The lowest BCUT2D eigenvalue weighted by atomic mass is 9.92. The molecule has 0 saturated carbocycles. The SMILES string of the molecule is C=C1C=C(C)N(c2c(C(C)C)cccc2C(C)C)[Si](Cl)(Cl)N1c1c(C(C)C)cccc1C(C)C. The van der Waals surface area contributed by atoms with Gasteiger partial charge in [-0.25, -0.2) is 0 Å². The highest BCUT2D eigenvalue weighted by Gasteiger charge is 2.51. The fourth-order valence-corrected chi connectivity index (χ4v) is 9.60. The van der Waals surface area contributed by atoms with E-state index in [2.05, 4.69) is 120 Å². The van der Waals surface area contributed by atoms with Crippen LogP contribution in [-0.2, 0) is 0 Å². The molecule has 0 saturated heterocycles. The monoisotopic (exact) mass is 514 g/mol. The van der Waals surface area contributed by atoms with Crippen LogP contribution in [0, 0.1) is 0 Å². The maximum absolute atomic E-state index is 7.62. The molecule has 5 heteroatoms. The summed E-state index contributed by atoms with van der Waals surface area (Å²) in [4.78, 5) is 0. The fraction of sp³-hybridized carbons (Fsp3) is 0.448. The summed E-state index contributed by atoms with van der Waals surface area (Å²) in [6.07, 6.45) is 2.14. The third-order valence-corrected chi connectivity index (χ3v) is 10.9. The molecule has 2 aromatic rings. The average Bonchev–Trinajstić information content (AvgIpc) is 2.72. The van der Waals surface area contributed by atoms with Gasteiger partial charge in [-0.1, -0.05) is 121 Å². The van der Waals surface area contributed by atoms with Crippen LogP contribution in [0.4, 0.5) is 11.4 Å². The Balaban J connectivity index is 2.38. The van der Waals surface area contributed by atoms with Crippen LogP contribution in [-0.4, -0.2) is 7.02 Å². The first-order valence-corrected chi connectivity index (χ1v) is 16.3. The predicted molar refractivity (Wildman–Crippen MR) is 155 cm³/mol. The second kappa shape index (κ2) is 10.1. The van der Waals surface area contributed by atoms with Gasteiger partial charge in [-0.2, -0.15) is 0 Å². The highest BCUT2D eigenvalue weighted by atomic mass is 35.7. The number of hydrogen-bond acceptors (Lipinski definition) is 2. The van der Waals surface area contributed by atoms with Gasteiger partial charge in [0.05, 0.1) is 0 Å². The summed E-state index contributed by atoms with van der Waals surface area (Å²) in [5.41, 5.74) is 9.21. The highest BCUT2D eigenvalue weighted by Crippen LogP contribution is 2.49. The fourth-order valence-electron chi connectivity index (χ4n) is 4.98. The minimum atomic E-state index is -3.32. The third kappa shape index (κ3) is 4.72. The van der Waals surface area contributed by atoms with Gasteiger partial charge in [-0.15, -0.1) is 0 Å². The summed E-state index contributed by atoms with van der Waals surface area (Å²) in [6.45, 7) is 24.4. The van der Waals surface area contributed by atoms with Gasteiger partial charge in [-0.3, -0.25) is 0 Å². The molecule has 0 atom stereocenters. The first kappa shape index (κ1) is 26.9. The van der Waals surface area contributed by atoms with Gasteiger partial charge in [0.15, 0.2) is 0 Å². The van der Waals surface area contributed by atoms with Crippen molar-refractivity contribution in [1.29, 1.82) is 0 Å². The molecule has 2 aromatic carbocycles. The second-order valence-corrected chi connectivity index (χ2v) is 16.3. The van der Waals surface area contributed by atoms with Gasteiger partial charge in [0.2, 0.25) is 0 Å². The number of benzene rings is 2. The number of halogens is 2. The quantitative estimate of drug-likeness (QED) is 0.279. The van der Waals surface area contributed by atoms with E-state index in [1.54, 1.807) is 0 Å². The molecule has 0 amide bonds. The van der Waals surface area contributed by atoms with Gasteiger partial charge < -0.3 is 9.13 Å². The standard InChI is InChI=1S/C29H40Cl2N2Si/c1-18(2)24-13-11-14-25(19(3)4)28(24)32-22(9)17-23(10)33(34(32,30)31)29-26(20(5)6)15-12-16-27(29)21(7)8/h11-21H,9H2,1-8,10H3. The number of rotatable bonds is 6. The second-order valence-electron chi connectivity index (χ2n) is 10.6. The minimum absolute atomic E-state index is 0.328. The Hall–Kier alpha value is -1.68. The summed E-state index contributed by atoms with van der Waals surface area (Å²) in [7, 11) is -3.32.